The lowest BCUT2D eigenvalue weighted by Gasteiger charge is -2.11. The van der Waals surface area contributed by atoms with E-state index >= 15 is 0 Å². The van der Waals surface area contributed by atoms with E-state index in [-0.39, 0.29) is 21.7 Å². The molecular formula is C15H9ClF4O. The Morgan fingerprint density at radius 1 is 1.05 bits per heavy atom. The average molecular weight is 317 g/mol. The fraction of sp³-hybridized carbons (Fsp3) is 0.133. The van der Waals surface area contributed by atoms with Gasteiger partial charge in [0.05, 0.1) is 11.1 Å². The number of carbonyl (C=O) groups is 1. The van der Waals surface area contributed by atoms with Crippen LogP contribution in [0.15, 0.2) is 36.4 Å². The molecule has 0 radical (unpaired) electrons. The molecule has 0 aromatic heterocycles. The highest BCUT2D eigenvalue weighted by Gasteiger charge is 2.31. The van der Waals surface area contributed by atoms with Gasteiger partial charge >= 0.3 is 6.18 Å². The first-order valence-electron chi connectivity index (χ1n) is 5.88. The van der Waals surface area contributed by atoms with Crippen LogP contribution in [0.1, 0.15) is 27.0 Å². The van der Waals surface area contributed by atoms with Crippen molar-refractivity contribution < 1.29 is 22.4 Å². The molecule has 0 fully saturated rings. The van der Waals surface area contributed by atoms with Gasteiger partial charge in [0.25, 0.3) is 0 Å². The van der Waals surface area contributed by atoms with Gasteiger partial charge in [0.1, 0.15) is 5.82 Å². The summed E-state index contributed by atoms with van der Waals surface area (Å²) >= 11 is 5.71. The summed E-state index contributed by atoms with van der Waals surface area (Å²) in [5.41, 5.74) is -1.01. The molecule has 0 N–H and O–H groups in total. The summed E-state index contributed by atoms with van der Waals surface area (Å²) in [6.07, 6.45) is -4.49. The summed E-state index contributed by atoms with van der Waals surface area (Å²) in [4.78, 5) is 12.2. The molecule has 0 saturated heterocycles. The van der Waals surface area contributed by atoms with E-state index in [1.165, 1.54) is 13.0 Å². The van der Waals surface area contributed by atoms with Crippen molar-refractivity contribution in [2.45, 2.75) is 13.1 Å². The van der Waals surface area contributed by atoms with Crippen molar-refractivity contribution >= 4 is 17.4 Å². The van der Waals surface area contributed by atoms with Crippen molar-refractivity contribution in [1.82, 2.24) is 0 Å². The zero-order chi connectivity index (χ0) is 15.8. The molecule has 0 saturated carbocycles. The Morgan fingerprint density at radius 2 is 1.71 bits per heavy atom. The SMILES string of the molecule is Cc1cc(C(F)(F)F)ccc1C(=O)c1cc(Cl)ccc1F. The molecule has 0 aliphatic carbocycles. The summed E-state index contributed by atoms with van der Waals surface area (Å²) in [5, 5.41) is 0.171. The van der Waals surface area contributed by atoms with E-state index in [4.69, 9.17) is 11.6 Å². The summed E-state index contributed by atoms with van der Waals surface area (Å²) in [6, 6.07) is 6.16. The molecule has 0 aliphatic rings. The monoisotopic (exact) mass is 316 g/mol. The van der Waals surface area contributed by atoms with E-state index < -0.39 is 23.3 Å². The largest absolute Gasteiger partial charge is 0.416 e. The van der Waals surface area contributed by atoms with Crippen molar-refractivity contribution in [3.8, 4) is 0 Å². The van der Waals surface area contributed by atoms with Gasteiger partial charge in [-0.05, 0) is 42.8 Å². The van der Waals surface area contributed by atoms with Crippen LogP contribution in [-0.2, 0) is 6.18 Å². The molecule has 2 aromatic carbocycles. The van der Waals surface area contributed by atoms with Crippen LogP contribution in [0.25, 0.3) is 0 Å². The molecule has 0 heterocycles. The van der Waals surface area contributed by atoms with Gasteiger partial charge in [-0.2, -0.15) is 13.2 Å². The molecule has 0 unspecified atom stereocenters. The van der Waals surface area contributed by atoms with Gasteiger partial charge in [0, 0.05) is 10.6 Å². The summed E-state index contributed by atoms with van der Waals surface area (Å²) in [5.74, 6) is -1.48. The second-order valence-corrected chi connectivity index (χ2v) is 4.92. The van der Waals surface area contributed by atoms with Crippen LogP contribution in [0, 0.1) is 12.7 Å². The Labute approximate surface area is 123 Å². The number of aryl methyl sites for hydroxylation is 1. The van der Waals surface area contributed by atoms with Gasteiger partial charge in [-0.25, -0.2) is 4.39 Å². The minimum atomic E-state index is -4.49. The second-order valence-electron chi connectivity index (χ2n) is 4.48. The number of alkyl halides is 3. The Morgan fingerprint density at radius 3 is 2.29 bits per heavy atom. The Bertz CT molecular complexity index is 707. The van der Waals surface area contributed by atoms with Crippen LogP contribution in [0.2, 0.25) is 5.02 Å². The van der Waals surface area contributed by atoms with E-state index in [1.54, 1.807) is 0 Å². The minimum Gasteiger partial charge on any atom is -0.288 e. The number of carbonyl (C=O) groups excluding carboxylic acids is 1. The van der Waals surface area contributed by atoms with Crippen molar-refractivity contribution in [3.63, 3.8) is 0 Å². The number of rotatable bonds is 2. The third-order valence-electron chi connectivity index (χ3n) is 2.97. The Kier molecular flexibility index (Phi) is 4.05. The summed E-state index contributed by atoms with van der Waals surface area (Å²) < 4.78 is 51.4. The molecule has 0 spiro atoms. The van der Waals surface area contributed by atoms with E-state index in [0.717, 1.165) is 30.3 Å². The molecule has 0 atom stereocenters. The number of hydrogen-bond acceptors (Lipinski definition) is 1. The zero-order valence-electron chi connectivity index (χ0n) is 10.8. The molecule has 0 bridgehead atoms. The number of benzene rings is 2. The predicted molar refractivity (Wildman–Crippen MR) is 71.0 cm³/mol. The molecule has 110 valence electrons. The second kappa shape index (κ2) is 5.48. The predicted octanol–water partition coefficient (Wildman–Crippen LogP) is 5.04. The first kappa shape index (κ1) is 15.5. The Hall–Kier alpha value is -1.88. The van der Waals surface area contributed by atoms with E-state index in [1.807, 2.05) is 0 Å². The smallest absolute Gasteiger partial charge is 0.288 e. The van der Waals surface area contributed by atoms with Gasteiger partial charge in [-0.15, -0.1) is 0 Å². The van der Waals surface area contributed by atoms with Gasteiger partial charge in [0.15, 0.2) is 5.78 Å². The van der Waals surface area contributed by atoms with E-state index in [9.17, 15) is 22.4 Å². The number of ketones is 1. The molecule has 1 nitrogen and oxygen atoms in total. The third kappa shape index (κ3) is 3.24. The minimum absolute atomic E-state index is 0.00386. The van der Waals surface area contributed by atoms with Crippen molar-refractivity contribution in [2.75, 3.05) is 0 Å². The van der Waals surface area contributed by atoms with Crippen LogP contribution >= 0.6 is 11.6 Å². The Balaban J connectivity index is 2.47. The molecule has 0 amide bonds. The van der Waals surface area contributed by atoms with Crippen LogP contribution in [0.5, 0.6) is 0 Å². The fourth-order valence-electron chi connectivity index (χ4n) is 1.91. The van der Waals surface area contributed by atoms with Crippen LogP contribution < -0.4 is 0 Å². The quantitative estimate of drug-likeness (QED) is 0.560. The van der Waals surface area contributed by atoms with Crippen molar-refractivity contribution in [1.29, 1.82) is 0 Å². The standard InChI is InChI=1S/C15H9ClF4O/c1-8-6-9(15(18,19)20)2-4-11(8)14(21)12-7-10(16)3-5-13(12)17/h2-7H,1H3. The lowest BCUT2D eigenvalue weighted by molar-refractivity contribution is -0.137. The van der Waals surface area contributed by atoms with Gasteiger partial charge in [-0.3, -0.25) is 4.79 Å². The number of halogens is 5. The summed E-state index contributed by atoms with van der Waals surface area (Å²) in [7, 11) is 0. The number of hydrogen-bond donors (Lipinski definition) is 0. The maximum absolute atomic E-state index is 13.6. The van der Waals surface area contributed by atoms with E-state index in [0.29, 0.717) is 0 Å². The maximum atomic E-state index is 13.6. The average Bonchev–Trinajstić information content (AvgIpc) is 2.39. The summed E-state index contributed by atoms with van der Waals surface area (Å²) in [6.45, 7) is 1.37. The fourth-order valence-corrected chi connectivity index (χ4v) is 2.08. The highest BCUT2D eigenvalue weighted by molar-refractivity contribution is 6.31. The topological polar surface area (TPSA) is 17.1 Å². The normalized spacial score (nSPS) is 11.5. The zero-order valence-corrected chi connectivity index (χ0v) is 11.5. The molecular weight excluding hydrogens is 308 g/mol. The first-order chi connectivity index (χ1) is 9.70. The molecule has 2 rings (SSSR count). The van der Waals surface area contributed by atoms with Crippen molar-refractivity contribution in [3.05, 3.63) is 69.5 Å². The van der Waals surface area contributed by atoms with Crippen LogP contribution in [0.4, 0.5) is 17.6 Å². The third-order valence-corrected chi connectivity index (χ3v) is 3.21. The van der Waals surface area contributed by atoms with Crippen LogP contribution in [-0.4, -0.2) is 5.78 Å². The molecule has 2 aromatic rings. The van der Waals surface area contributed by atoms with Gasteiger partial charge < -0.3 is 0 Å². The highest BCUT2D eigenvalue weighted by atomic mass is 35.5. The van der Waals surface area contributed by atoms with Crippen LogP contribution in [0.3, 0.4) is 0 Å². The van der Waals surface area contributed by atoms with Gasteiger partial charge in [-0.1, -0.05) is 17.7 Å². The maximum Gasteiger partial charge on any atom is 0.416 e. The molecule has 0 aliphatic heterocycles. The molecule has 21 heavy (non-hydrogen) atoms. The first-order valence-corrected chi connectivity index (χ1v) is 6.25. The highest BCUT2D eigenvalue weighted by Crippen LogP contribution is 2.31. The van der Waals surface area contributed by atoms with E-state index in [2.05, 4.69) is 0 Å². The lowest BCUT2D eigenvalue weighted by Crippen LogP contribution is -2.10. The lowest BCUT2D eigenvalue weighted by atomic mass is 9.97. The van der Waals surface area contributed by atoms with Crippen molar-refractivity contribution in [2.24, 2.45) is 0 Å². The van der Waals surface area contributed by atoms with Gasteiger partial charge in [0.2, 0.25) is 0 Å². The molecule has 6 heteroatoms.